The first kappa shape index (κ1) is 15.8. The summed E-state index contributed by atoms with van der Waals surface area (Å²) in [7, 11) is 0. The third-order valence-corrected chi connectivity index (χ3v) is 3.84. The molecule has 1 fully saturated rings. The summed E-state index contributed by atoms with van der Waals surface area (Å²) in [6, 6.07) is 0.374. The predicted octanol–water partition coefficient (Wildman–Crippen LogP) is 4.32. The van der Waals surface area contributed by atoms with Gasteiger partial charge in [-0.3, -0.25) is 0 Å². The maximum atomic E-state index is 4.89. The predicted molar refractivity (Wildman–Crippen MR) is 90.2 cm³/mol. The minimum absolute atomic E-state index is 0.374. The van der Waals surface area contributed by atoms with Crippen molar-refractivity contribution in [3.05, 3.63) is 47.1 Å². The van der Waals surface area contributed by atoms with Crippen molar-refractivity contribution in [3.63, 3.8) is 0 Å². The average molecular weight is 285 g/mol. The van der Waals surface area contributed by atoms with Gasteiger partial charge in [-0.25, -0.2) is 4.98 Å². The van der Waals surface area contributed by atoms with Gasteiger partial charge in [-0.1, -0.05) is 31.2 Å². The zero-order valence-corrected chi connectivity index (χ0v) is 13.7. The number of allylic oxidation sites excluding steroid dienone is 5. The Labute approximate surface area is 128 Å². The highest BCUT2D eigenvalue weighted by Gasteiger charge is 2.22. The molecule has 0 amide bonds. The zero-order chi connectivity index (χ0) is 15.4. The van der Waals surface area contributed by atoms with Gasteiger partial charge in [-0.05, 0) is 52.2 Å². The second kappa shape index (κ2) is 6.90. The lowest BCUT2D eigenvalue weighted by molar-refractivity contribution is 0.611. The minimum Gasteiger partial charge on any atom is -0.344 e. The van der Waals surface area contributed by atoms with Crippen molar-refractivity contribution < 1.29 is 0 Å². The highest BCUT2D eigenvalue weighted by atomic mass is 15.0. The molecule has 1 atom stereocenters. The molecule has 1 aliphatic heterocycles. The summed E-state index contributed by atoms with van der Waals surface area (Å²) in [5, 5.41) is 3.51. The largest absolute Gasteiger partial charge is 0.344 e. The van der Waals surface area contributed by atoms with Crippen molar-refractivity contribution in [2.75, 3.05) is 6.54 Å². The fraction of sp³-hybridized carbons (Fsp3) is 0.500. The Morgan fingerprint density at radius 1 is 1.33 bits per heavy atom. The molecular weight excluding hydrogens is 258 g/mol. The van der Waals surface area contributed by atoms with E-state index in [9.17, 15) is 0 Å². The van der Waals surface area contributed by atoms with Crippen molar-refractivity contribution in [2.24, 2.45) is 0 Å². The van der Waals surface area contributed by atoms with E-state index in [4.69, 9.17) is 4.98 Å². The van der Waals surface area contributed by atoms with E-state index in [1.807, 2.05) is 6.92 Å². The summed E-state index contributed by atoms with van der Waals surface area (Å²) in [5.74, 6) is 1.07. The quantitative estimate of drug-likeness (QED) is 0.791. The van der Waals surface area contributed by atoms with Gasteiger partial charge in [0, 0.05) is 11.3 Å². The molecule has 2 rings (SSSR count). The van der Waals surface area contributed by atoms with Crippen LogP contribution in [0.15, 0.2) is 29.9 Å². The second-order valence-corrected chi connectivity index (χ2v) is 6.06. The molecule has 21 heavy (non-hydrogen) atoms. The standard InChI is InChI=1S/C18H27N3/c1-6-15-17(14(13(4)5)10-9-12(2)3)21-18(20-15)16-8-7-11-19-16/h9-10,16,19H,4,6-8,11H2,1-3,5H3,(H,20,21)/b14-10+/t16-/m0/s1. The smallest absolute Gasteiger partial charge is 0.124 e. The van der Waals surface area contributed by atoms with Crippen LogP contribution in [-0.2, 0) is 6.42 Å². The molecule has 1 aromatic heterocycles. The van der Waals surface area contributed by atoms with Crippen molar-refractivity contribution in [2.45, 2.75) is 53.0 Å². The third-order valence-electron chi connectivity index (χ3n) is 3.84. The Bertz CT molecular complexity index is 565. The van der Waals surface area contributed by atoms with Crippen LogP contribution in [0.1, 0.15) is 63.8 Å². The number of imidazole rings is 1. The number of nitrogens with one attached hydrogen (secondary N) is 2. The van der Waals surface area contributed by atoms with E-state index in [2.05, 4.69) is 49.8 Å². The summed E-state index contributed by atoms with van der Waals surface area (Å²) >= 11 is 0. The van der Waals surface area contributed by atoms with Crippen LogP contribution in [0.2, 0.25) is 0 Å². The van der Waals surface area contributed by atoms with Gasteiger partial charge in [0.2, 0.25) is 0 Å². The van der Waals surface area contributed by atoms with Gasteiger partial charge < -0.3 is 10.3 Å². The van der Waals surface area contributed by atoms with E-state index < -0.39 is 0 Å². The van der Waals surface area contributed by atoms with Gasteiger partial charge in [0.25, 0.3) is 0 Å². The lowest BCUT2D eigenvalue weighted by atomic mass is 10.0. The van der Waals surface area contributed by atoms with Gasteiger partial charge in [-0.2, -0.15) is 0 Å². The second-order valence-electron chi connectivity index (χ2n) is 6.06. The molecule has 114 valence electrons. The van der Waals surface area contributed by atoms with Gasteiger partial charge >= 0.3 is 0 Å². The van der Waals surface area contributed by atoms with E-state index in [-0.39, 0.29) is 0 Å². The minimum atomic E-state index is 0.374. The number of H-pyrrole nitrogens is 1. The molecule has 0 aliphatic carbocycles. The molecule has 0 aromatic carbocycles. The number of aryl methyl sites for hydroxylation is 1. The highest BCUT2D eigenvalue weighted by molar-refractivity contribution is 5.78. The Morgan fingerprint density at radius 3 is 2.62 bits per heavy atom. The lowest BCUT2D eigenvalue weighted by Gasteiger charge is -2.06. The summed E-state index contributed by atoms with van der Waals surface area (Å²) in [6.45, 7) is 13.6. The van der Waals surface area contributed by atoms with Crippen LogP contribution in [0, 0.1) is 0 Å². The number of hydrogen-bond acceptors (Lipinski definition) is 2. The van der Waals surface area contributed by atoms with Gasteiger partial charge in [0.05, 0.1) is 11.7 Å². The summed E-state index contributed by atoms with van der Waals surface area (Å²) < 4.78 is 0. The van der Waals surface area contributed by atoms with Crippen molar-refractivity contribution in [3.8, 4) is 0 Å². The van der Waals surface area contributed by atoms with Crippen LogP contribution in [0.3, 0.4) is 0 Å². The van der Waals surface area contributed by atoms with Gasteiger partial charge in [0.1, 0.15) is 5.82 Å². The first-order valence-corrected chi connectivity index (χ1v) is 7.86. The Hall–Kier alpha value is -1.61. The maximum absolute atomic E-state index is 4.89. The first-order valence-electron chi connectivity index (χ1n) is 7.86. The summed E-state index contributed by atoms with van der Waals surface area (Å²) in [6.07, 6.45) is 7.61. The van der Waals surface area contributed by atoms with Crippen LogP contribution in [-0.4, -0.2) is 16.5 Å². The van der Waals surface area contributed by atoms with E-state index in [0.29, 0.717) is 6.04 Å². The molecule has 0 radical (unpaired) electrons. The lowest BCUT2D eigenvalue weighted by Crippen LogP contribution is -2.14. The van der Waals surface area contributed by atoms with Gasteiger partial charge in [-0.15, -0.1) is 0 Å². The number of hydrogen-bond donors (Lipinski definition) is 2. The van der Waals surface area contributed by atoms with Crippen molar-refractivity contribution >= 4 is 5.57 Å². The number of aromatic amines is 1. The molecule has 3 nitrogen and oxygen atoms in total. The van der Waals surface area contributed by atoms with Crippen LogP contribution in [0.5, 0.6) is 0 Å². The molecule has 1 saturated heterocycles. The Morgan fingerprint density at radius 2 is 2.10 bits per heavy atom. The van der Waals surface area contributed by atoms with Crippen LogP contribution in [0.4, 0.5) is 0 Å². The molecule has 2 heterocycles. The van der Waals surface area contributed by atoms with Crippen LogP contribution in [0.25, 0.3) is 5.57 Å². The molecule has 3 heteroatoms. The van der Waals surface area contributed by atoms with Crippen LogP contribution >= 0.6 is 0 Å². The molecule has 0 spiro atoms. The van der Waals surface area contributed by atoms with E-state index in [1.165, 1.54) is 17.7 Å². The SMILES string of the molecule is C=C(C)/C(=C\C=C(C)C)c1nc([C@@H]2CCCN2)[nH]c1CC. The normalized spacial score (nSPS) is 18.9. The van der Waals surface area contributed by atoms with Crippen molar-refractivity contribution in [1.29, 1.82) is 0 Å². The van der Waals surface area contributed by atoms with E-state index in [1.54, 1.807) is 0 Å². The van der Waals surface area contributed by atoms with Crippen LogP contribution < -0.4 is 5.32 Å². The van der Waals surface area contributed by atoms with Gasteiger partial charge in [0.15, 0.2) is 0 Å². The summed E-state index contributed by atoms with van der Waals surface area (Å²) in [4.78, 5) is 8.41. The Kier molecular flexibility index (Phi) is 5.18. The summed E-state index contributed by atoms with van der Waals surface area (Å²) in [5.41, 5.74) is 5.73. The molecule has 0 unspecified atom stereocenters. The average Bonchev–Trinajstić information content (AvgIpc) is 3.06. The topological polar surface area (TPSA) is 40.7 Å². The molecule has 2 N–H and O–H groups in total. The molecule has 1 aromatic rings. The number of nitrogens with zero attached hydrogens (tertiary/aromatic N) is 1. The molecule has 0 bridgehead atoms. The molecule has 0 saturated carbocycles. The highest BCUT2D eigenvalue weighted by Crippen LogP contribution is 2.28. The number of rotatable bonds is 5. The monoisotopic (exact) mass is 285 g/mol. The first-order chi connectivity index (χ1) is 10.0. The Balaban J connectivity index is 2.42. The number of aromatic nitrogens is 2. The molecular formula is C18H27N3. The zero-order valence-electron chi connectivity index (χ0n) is 13.7. The maximum Gasteiger partial charge on any atom is 0.124 e. The third kappa shape index (κ3) is 3.73. The fourth-order valence-corrected chi connectivity index (χ4v) is 2.66. The fourth-order valence-electron chi connectivity index (χ4n) is 2.66. The molecule has 1 aliphatic rings. The van der Waals surface area contributed by atoms with E-state index >= 15 is 0 Å². The van der Waals surface area contributed by atoms with Crippen molar-refractivity contribution in [1.82, 2.24) is 15.3 Å². The van der Waals surface area contributed by atoms with E-state index in [0.717, 1.165) is 42.1 Å².